The Balaban J connectivity index is 1.56. The summed E-state index contributed by atoms with van der Waals surface area (Å²) in [6.07, 6.45) is 3.85. The second-order valence-electron chi connectivity index (χ2n) is 6.40. The lowest BCUT2D eigenvalue weighted by molar-refractivity contribution is 0.130. The van der Waals surface area contributed by atoms with E-state index >= 15 is 0 Å². The summed E-state index contributed by atoms with van der Waals surface area (Å²) in [7, 11) is 1.61. The Morgan fingerprint density at radius 3 is 2.53 bits per heavy atom. The highest BCUT2D eigenvalue weighted by Crippen LogP contribution is 2.72. The summed E-state index contributed by atoms with van der Waals surface area (Å²) in [5.74, 6) is 4.51. The fourth-order valence-electron chi connectivity index (χ4n) is 4.90. The van der Waals surface area contributed by atoms with Gasteiger partial charge in [-0.05, 0) is 66.5 Å². The summed E-state index contributed by atoms with van der Waals surface area (Å²) in [5.41, 5.74) is 0.949. The van der Waals surface area contributed by atoms with Gasteiger partial charge in [0.05, 0.1) is 18.2 Å². The van der Waals surface area contributed by atoms with E-state index in [2.05, 4.69) is 0 Å². The van der Waals surface area contributed by atoms with Crippen molar-refractivity contribution < 1.29 is 9.84 Å². The molecule has 0 radical (unpaired) electrons. The van der Waals surface area contributed by atoms with Gasteiger partial charge in [0.1, 0.15) is 5.75 Å². The molecule has 1 aromatic rings. The minimum Gasteiger partial charge on any atom is -0.495 e. The van der Waals surface area contributed by atoms with Crippen LogP contribution in [0.5, 0.6) is 5.75 Å². The molecule has 0 aromatic heterocycles. The maximum atomic E-state index is 10.6. The zero-order valence-corrected chi connectivity index (χ0v) is 11.8. The van der Waals surface area contributed by atoms with Gasteiger partial charge in [-0.3, -0.25) is 0 Å². The highest BCUT2D eigenvalue weighted by molar-refractivity contribution is 6.32. The number of aliphatic hydroxyl groups is 1. The van der Waals surface area contributed by atoms with Crippen LogP contribution in [0.25, 0.3) is 0 Å². The predicted molar refractivity (Wildman–Crippen MR) is 74.3 cm³/mol. The van der Waals surface area contributed by atoms with Crippen molar-refractivity contribution in [2.75, 3.05) is 7.11 Å². The summed E-state index contributed by atoms with van der Waals surface area (Å²) in [6.45, 7) is 0. The van der Waals surface area contributed by atoms with Gasteiger partial charge >= 0.3 is 0 Å². The number of fused-ring (bicyclic) bond motifs is 5. The molecule has 4 rings (SSSR count). The first-order chi connectivity index (χ1) is 9.20. The van der Waals surface area contributed by atoms with Gasteiger partial charge in [0.25, 0.3) is 0 Å². The number of benzene rings is 1. The van der Waals surface area contributed by atoms with Gasteiger partial charge in [0.2, 0.25) is 0 Å². The van der Waals surface area contributed by atoms with E-state index in [0.717, 1.165) is 29.2 Å². The van der Waals surface area contributed by atoms with E-state index in [-0.39, 0.29) is 6.10 Å². The van der Waals surface area contributed by atoms with Gasteiger partial charge in [-0.2, -0.15) is 0 Å². The molecule has 0 aliphatic heterocycles. The molecule has 19 heavy (non-hydrogen) atoms. The van der Waals surface area contributed by atoms with Crippen LogP contribution in [-0.2, 0) is 0 Å². The number of ether oxygens (including phenoxy) is 1. The van der Waals surface area contributed by atoms with Gasteiger partial charge in [-0.1, -0.05) is 17.7 Å². The Hall–Kier alpha value is -0.730. The molecule has 102 valence electrons. The Kier molecular flexibility index (Phi) is 2.62. The van der Waals surface area contributed by atoms with Crippen LogP contribution in [-0.4, -0.2) is 12.2 Å². The maximum Gasteiger partial charge on any atom is 0.137 e. The zero-order chi connectivity index (χ0) is 13.1. The van der Waals surface area contributed by atoms with Crippen LogP contribution in [0.2, 0.25) is 5.02 Å². The first-order valence-corrected chi connectivity index (χ1v) is 7.60. The molecule has 3 fully saturated rings. The number of hydrogen-bond donors (Lipinski definition) is 1. The summed E-state index contributed by atoms with van der Waals surface area (Å²) < 4.78 is 5.16. The van der Waals surface area contributed by atoms with Crippen molar-refractivity contribution in [3.63, 3.8) is 0 Å². The van der Waals surface area contributed by atoms with E-state index in [1.807, 2.05) is 18.2 Å². The van der Waals surface area contributed by atoms with E-state index in [0.29, 0.717) is 16.7 Å². The van der Waals surface area contributed by atoms with Crippen molar-refractivity contribution >= 4 is 11.6 Å². The summed E-state index contributed by atoms with van der Waals surface area (Å²) in [4.78, 5) is 0. The first kappa shape index (κ1) is 12.0. The van der Waals surface area contributed by atoms with Crippen LogP contribution >= 0.6 is 11.6 Å². The summed E-state index contributed by atoms with van der Waals surface area (Å²) >= 11 is 6.15. The van der Waals surface area contributed by atoms with Crippen molar-refractivity contribution in [1.29, 1.82) is 0 Å². The third-order valence-electron chi connectivity index (χ3n) is 5.68. The van der Waals surface area contributed by atoms with Crippen LogP contribution in [0.15, 0.2) is 18.2 Å². The molecule has 3 saturated carbocycles. The molecule has 2 nitrogen and oxygen atoms in total. The number of rotatable bonds is 3. The molecule has 0 saturated heterocycles. The Labute approximate surface area is 118 Å². The van der Waals surface area contributed by atoms with Crippen LogP contribution in [0.4, 0.5) is 0 Å². The van der Waals surface area contributed by atoms with Crippen LogP contribution < -0.4 is 4.74 Å². The smallest absolute Gasteiger partial charge is 0.137 e. The lowest BCUT2D eigenvalue weighted by Gasteiger charge is -2.16. The van der Waals surface area contributed by atoms with Gasteiger partial charge in [-0.15, -0.1) is 0 Å². The molecule has 3 heteroatoms. The lowest BCUT2D eigenvalue weighted by atomic mass is 9.95. The largest absolute Gasteiger partial charge is 0.495 e. The van der Waals surface area contributed by atoms with Crippen molar-refractivity contribution in [1.82, 2.24) is 0 Å². The normalized spacial score (nSPS) is 40.1. The quantitative estimate of drug-likeness (QED) is 0.914. The van der Waals surface area contributed by atoms with Crippen LogP contribution in [0, 0.1) is 29.6 Å². The highest BCUT2D eigenvalue weighted by atomic mass is 35.5. The standard InChI is InChI=1S/C16H19ClO2/c1-19-12-5-4-10(7-11(12)17)16(18)15-13-8-2-3-9(6-8)14(13)15/h4-5,7-9,13-16,18H,2-3,6H2,1H3. The SMILES string of the molecule is COc1ccc(C(O)C2C3C4CCC(C4)C32)cc1Cl. The first-order valence-electron chi connectivity index (χ1n) is 7.22. The van der Waals surface area contributed by atoms with Crippen molar-refractivity contribution in [3.8, 4) is 5.75 Å². The van der Waals surface area contributed by atoms with Crippen molar-refractivity contribution in [2.24, 2.45) is 29.6 Å². The van der Waals surface area contributed by atoms with E-state index in [9.17, 15) is 5.11 Å². The predicted octanol–water partition coefficient (Wildman–Crippen LogP) is 3.67. The lowest BCUT2D eigenvalue weighted by Crippen LogP contribution is -2.08. The second kappa shape index (κ2) is 4.13. The van der Waals surface area contributed by atoms with Gasteiger partial charge in [0.15, 0.2) is 0 Å². The topological polar surface area (TPSA) is 29.5 Å². The fourth-order valence-corrected chi connectivity index (χ4v) is 5.17. The molecule has 0 amide bonds. The summed E-state index contributed by atoms with van der Waals surface area (Å²) in [5, 5.41) is 11.2. The minimum atomic E-state index is -0.346. The van der Waals surface area contributed by atoms with Gasteiger partial charge in [-0.25, -0.2) is 0 Å². The van der Waals surface area contributed by atoms with Crippen molar-refractivity contribution in [2.45, 2.75) is 25.4 Å². The van der Waals surface area contributed by atoms with E-state index in [1.165, 1.54) is 19.3 Å². The van der Waals surface area contributed by atoms with E-state index in [1.54, 1.807) is 7.11 Å². The Bertz CT molecular complexity index is 499. The fraction of sp³-hybridized carbons (Fsp3) is 0.625. The molecule has 0 spiro atoms. The number of methoxy groups -OCH3 is 1. The number of aliphatic hydroxyl groups excluding tert-OH is 1. The summed E-state index contributed by atoms with van der Waals surface area (Å²) in [6, 6.07) is 5.67. The Morgan fingerprint density at radius 1 is 1.26 bits per heavy atom. The molecule has 1 aromatic carbocycles. The van der Waals surface area contributed by atoms with E-state index in [4.69, 9.17) is 16.3 Å². The molecule has 1 N–H and O–H groups in total. The third kappa shape index (κ3) is 1.66. The average molecular weight is 279 g/mol. The van der Waals surface area contributed by atoms with Gasteiger partial charge in [0, 0.05) is 0 Å². The molecule has 0 heterocycles. The minimum absolute atomic E-state index is 0.346. The molecule has 5 unspecified atom stereocenters. The van der Waals surface area contributed by atoms with Crippen LogP contribution in [0.1, 0.15) is 30.9 Å². The monoisotopic (exact) mass is 278 g/mol. The molecule has 2 bridgehead atoms. The number of hydrogen-bond acceptors (Lipinski definition) is 2. The zero-order valence-electron chi connectivity index (χ0n) is 11.1. The molecule has 5 atom stereocenters. The molecule has 3 aliphatic carbocycles. The van der Waals surface area contributed by atoms with Crippen molar-refractivity contribution in [3.05, 3.63) is 28.8 Å². The van der Waals surface area contributed by atoms with Crippen LogP contribution in [0.3, 0.4) is 0 Å². The molecular weight excluding hydrogens is 260 g/mol. The second-order valence-corrected chi connectivity index (χ2v) is 6.81. The molecular formula is C16H19ClO2. The van der Waals surface area contributed by atoms with Gasteiger partial charge < -0.3 is 9.84 Å². The van der Waals surface area contributed by atoms with E-state index < -0.39 is 0 Å². The number of halogens is 1. The Morgan fingerprint density at radius 2 is 1.95 bits per heavy atom. The highest BCUT2D eigenvalue weighted by Gasteiger charge is 2.66. The molecule has 3 aliphatic rings. The maximum absolute atomic E-state index is 10.6. The average Bonchev–Trinajstić information content (AvgIpc) is 2.85. The third-order valence-corrected chi connectivity index (χ3v) is 5.97.